The maximum absolute atomic E-state index is 11.0. The standard InChI is InChI=1S/C14H21NO2/c1-11(2)8-13(14(16)17)10-15-9-12-6-4-3-5-7-12/h3-7,11,13,15H,8-10H2,1-2H3,(H,16,17). The number of benzene rings is 1. The number of nitrogens with one attached hydrogen (secondary N) is 1. The summed E-state index contributed by atoms with van der Waals surface area (Å²) in [6.07, 6.45) is 0.719. The van der Waals surface area contributed by atoms with E-state index in [1.165, 1.54) is 5.56 Å². The van der Waals surface area contributed by atoms with Crippen LogP contribution in [0.3, 0.4) is 0 Å². The molecule has 0 aliphatic heterocycles. The van der Waals surface area contributed by atoms with E-state index in [1.807, 2.05) is 44.2 Å². The first-order valence-electron chi connectivity index (χ1n) is 6.07. The molecular formula is C14H21NO2. The van der Waals surface area contributed by atoms with Crippen molar-refractivity contribution in [2.45, 2.75) is 26.8 Å². The summed E-state index contributed by atoms with van der Waals surface area (Å²) in [5.74, 6) is -0.590. The van der Waals surface area contributed by atoms with E-state index >= 15 is 0 Å². The Kier molecular flexibility index (Phi) is 5.70. The van der Waals surface area contributed by atoms with Crippen LogP contribution in [0.5, 0.6) is 0 Å². The van der Waals surface area contributed by atoms with Crippen LogP contribution >= 0.6 is 0 Å². The van der Waals surface area contributed by atoms with Gasteiger partial charge in [-0.25, -0.2) is 0 Å². The van der Waals surface area contributed by atoms with E-state index in [4.69, 9.17) is 5.11 Å². The van der Waals surface area contributed by atoms with Gasteiger partial charge < -0.3 is 10.4 Å². The molecule has 0 radical (unpaired) electrons. The number of carbonyl (C=O) groups is 1. The average molecular weight is 235 g/mol. The summed E-state index contributed by atoms with van der Waals surface area (Å²) in [6.45, 7) is 5.35. The molecule has 0 heterocycles. The van der Waals surface area contributed by atoms with Gasteiger partial charge in [0.2, 0.25) is 0 Å². The van der Waals surface area contributed by atoms with Crippen LogP contribution in [-0.2, 0) is 11.3 Å². The summed E-state index contributed by atoms with van der Waals surface area (Å²) in [5, 5.41) is 12.3. The molecule has 94 valence electrons. The fourth-order valence-electron chi connectivity index (χ4n) is 1.83. The molecule has 0 aromatic heterocycles. The lowest BCUT2D eigenvalue weighted by Gasteiger charge is -2.15. The first-order valence-corrected chi connectivity index (χ1v) is 6.07. The molecule has 0 bridgehead atoms. The van der Waals surface area contributed by atoms with Crippen LogP contribution in [0, 0.1) is 11.8 Å². The number of rotatable bonds is 7. The quantitative estimate of drug-likeness (QED) is 0.763. The van der Waals surface area contributed by atoms with Crippen molar-refractivity contribution < 1.29 is 9.90 Å². The highest BCUT2D eigenvalue weighted by Crippen LogP contribution is 2.11. The Hall–Kier alpha value is -1.35. The third-order valence-corrected chi connectivity index (χ3v) is 2.67. The minimum Gasteiger partial charge on any atom is -0.481 e. The molecule has 17 heavy (non-hydrogen) atoms. The van der Waals surface area contributed by atoms with Gasteiger partial charge in [0.05, 0.1) is 5.92 Å². The Morgan fingerprint density at radius 1 is 1.29 bits per heavy atom. The summed E-state index contributed by atoms with van der Waals surface area (Å²) >= 11 is 0. The zero-order valence-corrected chi connectivity index (χ0v) is 10.5. The van der Waals surface area contributed by atoms with Gasteiger partial charge in [0, 0.05) is 13.1 Å². The summed E-state index contributed by atoms with van der Waals surface area (Å²) in [7, 11) is 0. The largest absolute Gasteiger partial charge is 0.481 e. The zero-order chi connectivity index (χ0) is 12.7. The Labute approximate surface area is 103 Å². The van der Waals surface area contributed by atoms with Gasteiger partial charge in [0.1, 0.15) is 0 Å². The fourth-order valence-corrected chi connectivity index (χ4v) is 1.83. The molecule has 0 aliphatic rings. The number of carboxylic acid groups (broad SMARTS) is 1. The second kappa shape index (κ2) is 7.07. The average Bonchev–Trinajstić information content (AvgIpc) is 2.28. The lowest BCUT2D eigenvalue weighted by Crippen LogP contribution is -2.29. The number of hydrogen-bond donors (Lipinski definition) is 2. The minimum absolute atomic E-state index is 0.293. The molecule has 0 fully saturated rings. The molecule has 0 saturated heterocycles. The normalized spacial score (nSPS) is 12.6. The fraction of sp³-hybridized carbons (Fsp3) is 0.500. The molecule has 1 rings (SSSR count). The van der Waals surface area contributed by atoms with Gasteiger partial charge in [-0.1, -0.05) is 44.2 Å². The van der Waals surface area contributed by atoms with Crippen LogP contribution in [0.2, 0.25) is 0 Å². The van der Waals surface area contributed by atoms with Crippen LogP contribution in [0.15, 0.2) is 30.3 Å². The Morgan fingerprint density at radius 3 is 2.47 bits per heavy atom. The SMILES string of the molecule is CC(C)CC(CNCc1ccccc1)C(=O)O. The van der Waals surface area contributed by atoms with Crippen molar-refractivity contribution >= 4 is 5.97 Å². The van der Waals surface area contributed by atoms with Crippen molar-refractivity contribution in [3.05, 3.63) is 35.9 Å². The van der Waals surface area contributed by atoms with Gasteiger partial charge in [-0.3, -0.25) is 4.79 Å². The van der Waals surface area contributed by atoms with E-state index < -0.39 is 5.97 Å². The molecule has 0 amide bonds. The number of carboxylic acids is 1. The first kappa shape index (κ1) is 13.7. The molecule has 1 atom stereocenters. The van der Waals surface area contributed by atoms with Gasteiger partial charge in [-0.15, -0.1) is 0 Å². The van der Waals surface area contributed by atoms with E-state index in [0.717, 1.165) is 13.0 Å². The first-order chi connectivity index (χ1) is 8.09. The lowest BCUT2D eigenvalue weighted by atomic mass is 9.97. The van der Waals surface area contributed by atoms with Crippen molar-refractivity contribution in [1.29, 1.82) is 0 Å². The highest BCUT2D eigenvalue weighted by Gasteiger charge is 2.17. The van der Waals surface area contributed by atoms with Gasteiger partial charge in [-0.2, -0.15) is 0 Å². The van der Waals surface area contributed by atoms with E-state index in [2.05, 4.69) is 5.32 Å². The predicted octanol–water partition coefficient (Wildman–Crippen LogP) is 2.52. The van der Waals surface area contributed by atoms with Gasteiger partial charge in [-0.05, 0) is 17.9 Å². The lowest BCUT2D eigenvalue weighted by molar-refractivity contribution is -0.142. The van der Waals surface area contributed by atoms with Crippen LogP contribution in [-0.4, -0.2) is 17.6 Å². The molecule has 0 saturated carbocycles. The summed E-state index contributed by atoms with van der Waals surface area (Å²) < 4.78 is 0. The van der Waals surface area contributed by atoms with Crippen LogP contribution in [0.4, 0.5) is 0 Å². The maximum Gasteiger partial charge on any atom is 0.307 e. The van der Waals surface area contributed by atoms with Crippen LogP contribution in [0.25, 0.3) is 0 Å². The maximum atomic E-state index is 11.0. The second-order valence-electron chi connectivity index (χ2n) is 4.78. The predicted molar refractivity (Wildman–Crippen MR) is 68.7 cm³/mol. The van der Waals surface area contributed by atoms with Gasteiger partial charge in [0.25, 0.3) is 0 Å². The molecule has 3 heteroatoms. The topological polar surface area (TPSA) is 49.3 Å². The third kappa shape index (κ3) is 5.50. The molecule has 1 aromatic rings. The highest BCUT2D eigenvalue weighted by atomic mass is 16.4. The minimum atomic E-state index is -0.709. The second-order valence-corrected chi connectivity index (χ2v) is 4.78. The zero-order valence-electron chi connectivity index (χ0n) is 10.5. The van der Waals surface area contributed by atoms with Gasteiger partial charge >= 0.3 is 5.97 Å². The van der Waals surface area contributed by atoms with E-state index in [-0.39, 0.29) is 5.92 Å². The molecule has 2 N–H and O–H groups in total. The highest BCUT2D eigenvalue weighted by molar-refractivity contribution is 5.70. The summed E-state index contributed by atoms with van der Waals surface area (Å²) in [4.78, 5) is 11.0. The van der Waals surface area contributed by atoms with Crippen molar-refractivity contribution in [2.24, 2.45) is 11.8 Å². The van der Waals surface area contributed by atoms with Crippen LogP contribution < -0.4 is 5.32 Å². The smallest absolute Gasteiger partial charge is 0.307 e. The summed E-state index contributed by atoms with van der Waals surface area (Å²) in [5.41, 5.74) is 1.18. The monoisotopic (exact) mass is 235 g/mol. The Morgan fingerprint density at radius 2 is 1.94 bits per heavy atom. The molecule has 0 spiro atoms. The van der Waals surface area contributed by atoms with Gasteiger partial charge in [0.15, 0.2) is 0 Å². The van der Waals surface area contributed by atoms with Crippen molar-refractivity contribution in [2.75, 3.05) is 6.54 Å². The Bertz CT molecular complexity index is 335. The van der Waals surface area contributed by atoms with Crippen molar-refractivity contribution in [3.63, 3.8) is 0 Å². The van der Waals surface area contributed by atoms with Crippen LogP contribution in [0.1, 0.15) is 25.8 Å². The van der Waals surface area contributed by atoms with Crippen molar-refractivity contribution in [1.82, 2.24) is 5.32 Å². The number of aliphatic carboxylic acids is 1. The van der Waals surface area contributed by atoms with E-state index in [0.29, 0.717) is 12.5 Å². The third-order valence-electron chi connectivity index (χ3n) is 2.67. The van der Waals surface area contributed by atoms with E-state index in [1.54, 1.807) is 0 Å². The molecule has 1 aromatic carbocycles. The van der Waals surface area contributed by atoms with Crippen molar-refractivity contribution in [3.8, 4) is 0 Å². The molecule has 3 nitrogen and oxygen atoms in total. The molecule has 1 unspecified atom stereocenters. The Balaban J connectivity index is 2.35. The molecule has 0 aliphatic carbocycles. The summed E-state index contributed by atoms with van der Waals surface area (Å²) in [6, 6.07) is 10.0. The molecular weight excluding hydrogens is 214 g/mol. The van der Waals surface area contributed by atoms with E-state index in [9.17, 15) is 4.79 Å². The number of hydrogen-bond acceptors (Lipinski definition) is 2.